The van der Waals surface area contributed by atoms with Gasteiger partial charge in [0.25, 0.3) is 5.91 Å². The van der Waals surface area contributed by atoms with Gasteiger partial charge in [-0.1, -0.05) is 24.6 Å². The zero-order chi connectivity index (χ0) is 25.3. The molecule has 36 heavy (non-hydrogen) atoms. The number of piperidine rings is 1. The predicted molar refractivity (Wildman–Crippen MR) is 139 cm³/mol. The molecule has 1 saturated carbocycles. The van der Waals surface area contributed by atoms with Gasteiger partial charge in [-0.25, -0.2) is 22.8 Å². The molecular weight excluding hydrogens is 478 g/mol. The minimum atomic E-state index is -3.73. The number of pyridine rings is 1. The molecule has 192 valence electrons. The number of nitrogens with one attached hydrogen (secondary N) is 1. The van der Waals surface area contributed by atoms with Crippen LogP contribution in [-0.4, -0.2) is 61.6 Å². The lowest BCUT2D eigenvalue weighted by Gasteiger charge is -2.34. The van der Waals surface area contributed by atoms with Crippen LogP contribution in [0.25, 0.3) is 16.7 Å². The Balaban J connectivity index is 1.67. The maximum Gasteiger partial charge on any atom is 0.283 e. The number of ether oxygens (including phenoxy) is 1. The number of amides is 1. The van der Waals surface area contributed by atoms with E-state index in [0.717, 1.165) is 67.8 Å². The third-order valence-corrected chi connectivity index (χ3v) is 8.61. The van der Waals surface area contributed by atoms with Crippen LogP contribution >= 0.6 is 0 Å². The van der Waals surface area contributed by atoms with E-state index in [0.29, 0.717) is 17.5 Å². The van der Waals surface area contributed by atoms with Crippen molar-refractivity contribution in [2.24, 2.45) is 5.92 Å². The van der Waals surface area contributed by atoms with Gasteiger partial charge >= 0.3 is 0 Å². The molecule has 3 heterocycles. The minimum Gasteiger partial charge on any atom is -0.384 e. The summed E-state index contributed by atoms with van der Waals surface area (Å²) in [7, 11) is -1.99. The number of para-hydroxylation sites is 1. The first kappa shape index (κ1) is 24.7. The summed E-state index contributed by atoms with van der Waals surface area (Å²) in [6.07, 6.45) is 5.29. The van der Waals surface area contributed by atoms with E-state index < -0.39 is 15.9 Å². The van der Waals surface area contributed by atoms with Crippen molar-refractivity contribution in [3.8, 4) is 5.69 Å². The summed E-state index contributed by atoms with van der Waals surface area (Å²) in [5.41, 5.74) is 3.42. The van der Waals surface area contributed by atoms with Gasteiger partial charge in [0.15, 0.2) is 5.65 Å². The zero-order valence-corrected chi connectivity index (χ0v) is 21.6. The largest absolute Gasteiger partial charge is 0.384 e. The molecular formula is C26H33N5O4S. The van der Waals surface area contributed by atoms with E-state index in [1.807, 2.05) is 30.3 Å². The fraction of sp³-hybridized carbons (Fsp3) is 0.500. The average molecular weight is 512 g/mol. The first-order chi connectivity index (χ1) is 17.4. The van der Waals surface area contributed by atoms with E-state index in [-0.39, 0.29) is 11.4 Å². The quantitative estimate of drug-likeness (QED) is 0.492. The van der Waals surface area contributed by atoms with Crippen molar-refractivity contribution in [1.82, 2.24) is 19.5 Å². The van der Waals surface area contributed by atoms with Crippen molar-refractivity contribution in [2.45, 2.75) is 44.9 Å². The van der Waals surface area contributed by atoms with Gasteiger partial charge in [-0.05, 0) is 56.7 Å². The number of sulfonamides is 1. The highest BCUT2D eigenvalue weighted by molar-refractivity contribution is 7.90. The summed E-state index contributed by atoms with van der Waals surface area (Å²) in [4.78, 5) is 20.1. The van der Waals surface area contributed by atoms with Crippen LogP contribution in [0.15, 0.2) is 36.4 Å². The lowest BCUT2D eigenvalue weighted by Crippen LogP contribution is -2.36. The van der Waals surface area contributed by atoms with Gasteiger partial charge in [-0.2, -0.15) is 5.10 Å². The van der Waals surface area contributed by atoms with E-state index in [1.165, 1.54) is 13.3 Å². The van der Waals surface area contributed by atoms with Crippen LogP contribution in [0.3, 0.4) is 0 Å². The number of anilines is 1. The smallest absolute Gasteiger partial charge is 0.283 e. The molecule has 0 radical (unpaired) electrons. The zero-order valence-electron chi connectivity index (χ0n) is 20.8. The Morgan fingerprint density at radius 1 is 1.14 bits per heavy atom. The monoisotopic (exact) mass is 511 g/mol. The highest BCUT2D eigenvalue weighted by Gasteiger charge is 2.31. The van der Waals surface area contributed by atoms with Gasteiger partial charge < -0.3 is 9.64 Å². The molecule has 2 aliphatic rings. The topological polar surface area (TPSA) is 106 Å². The number of fused-ring (bicyclic) bond motifs is 1. The Labute approximate surface area is 211 Å². The van der Waals surface area contributed by atoms with Gasteiger partial charge in [-0.15, -0.1) is 0 Å². The van der Waals surface area contributed by atoms with Crippen molar-refractivity contribution < 1.29 is 17.9 Å². The first-order valence-corrected chi connectivity index (χ1v) is 14.3. The molecule has 9 nitrogen and oxygen atoms in total. The summed E-state index contributed by atoms with van der Waals surface area (Å²) >= 11 is 0. The average Bonchev–Trinajstić information content (AvgIpc) is 3.22. The molecule has 1 aliphatic heterocycles. The number of methoxy groups -OCH3 is 1. The molecule has 1 N–H and O–H groups in total. The number of rotatable bonds is 8. The number of carbonyl (C=O) groups is 1. The lowest BCUT2D eigenvalue weighted by molar-refractivity contribution is 0.0977. The summed E-state index contributed by atoms with van der Waals surface area (Å²) in [6.45, 7) is 3.88. The molecule has 2 aromatic heterocycles. The second-order valence-electron chi connectivity index (χ2n) is 9.71. The van der Waals surface area contributed by atoms with Crippen LogP contribution in [0.1, 0.15) is 61.1 Å². The highest BCUT2D eigenvalue weighted by Crippen LogP contribution is 2.43. The SMILES string of the molecule is CCS(=O)(=O)NC(=O)c1cc(N2CCC(COC)CC2)c2c(C3CCC3)nn(-c3ccccc3)c2n1. The van der Waals surface area contributed by atoms with Crippen molar-refractivity contribution in [2.75, 3.05) is 37.5 Å². The van der Waals surface area contributed by atoms with Crippen molar-refractivity contribution in [3.05, 3.63) is 47.8 Å². The number of hydrogen-bond acceptors (Lipinski definition) is 7. The molecule has 1 aromatic carbocycles. The van der Waals surface area contributed by atoms with Crippen LogP contribution < -0.4 is 9.62 Å². The van der Waals surface area contributed by atoms with Crippen molar-refractivity contribution in [1.29, 1.82) is 0 Å². The molecule has 1 amide bonds. The Morgan fingerprint density at radius 3 is 2.47 bits per heavy atom. The maximum absolute atomic E-state index is 13.1. The number of carbonyl (C=O) groups excluding carboxylic acids is 1. The van der Waals surface area contributed by atoms with Gasteiger partial charge in [0.1, 0.15) is 5.69 Å². The number of hydrogen-bond donors (Lipinski definition) is 1. The normalized spacial score (nSPS) is 17.3. The summed E-state index contributed by atoms with van der Waals surface area (Å²) in [5.74, 6) is -0.0575. The van der Waals surface area contributed by atoms with Gasteiger partial charge in [0.2, 0.25) is 10.0 Å². The third kappa shape index (κ3) is 4.84. The van der Waals surface area contributed by atoms with E-state index in [2.05, 4.69) is 9.62 Å². The van der Waals surface area contributed by atoms with E-state index >= 15 is 0 Å². The molecule has 10 heteroatoms. The molecule has 0 unspecified atom stereocenters. The van der Waals surface area contributed by atoms with Crippen LogP contribution in [0.4, 0.5) is 5.69 Å². The van der Waals surface area contributed by atoms with E-state index in [1.54, 1.807) is 17.9 Å². The summed E-state index contributed by atoms with van der Waals surface area (Å²) in [5, 5.41) is 5.99. The molecule has 3 aromatic rings. The second kappa shape index (κ2) is 10.2. The summed E-state index contributed by atoms with van der Waals surface area (Å²) in [6, 6.07) is 11.5. The molecule has 0 spiro atoms. The first-order valence-electron chi connectivity index (χ1n) is 12.7. The van der Waals surface area contributed by atoms with Crippen LogP contribution in [0.2, 0.25) is 0 Å². The van der Waals surface area contributed by atoms with Gasteiger partial charge in [0.05, 0.1) is 28.2 Å². The molecule has 2 fully saturated rings. The van der Waals surface area contributed by atoms with E-state index in [4.69, 9.17) is 14.8 Å². The number of aromatic nitrogens is 3. The Bertz CT molecular complexity index is 1340. The van der Waals surface area contributed by atoms with Crippen LogP contribution in [0, 0.1) is 5.92 Å². The highest BCUT2D eigenvalue weighted by atomic mass is 32.2. The molecule has 0 bridgehead atoms. The van der Waals surface area contributed by atoms with E-state index in [9.17, 15) is 13.2 Å². The molecule has 0 atom stereocenters. The van der Waals surface area contributed by atoms with Gasteiger partial charge in [0, 0.05) is 32.7 Å². The standard InChI is InChI=1S/C26H33N5O4S/c1-3-36(33,34)29-26(32)21-16-22(30-14-12-18(13-15-30)17-35-2)23-24(19-8-7-9-19)28-31(25(23)27-21)20-10-5-4-6-11-20/h4-6,10-11,16,18-19H,3,7-9,12-15,17H2,1-2H3,(H,29,32). The fourth-order valence-corrected chi connectivity index (χ4v) is 5.58. The summed E-state index contributed by atoms with van der Waals surface area (Å²) < 4.78 is 33.7. The maximum atomic E-state index is 13.1. The Morgan fingerprint density at radius 2 is 1.86 bits per heavy atom. The molecule has 5 rings (SSSR count). The van der Waals surface area contributed by atoms with Crippen LogP contribution in [-0.2, 0) is 14.8 Å². The van der Waals surface area contributed by atoms with Crippen molar-refractivity contribution >= 4 is 32.7 Å². The van der Waals surface area contributed by atoms with Crippen LogP contribution in [0.5, 0.6) is 0 Å². The van der Waals surface area contributed by atoms with Gasteiger partial charge in [-0.3, -0.25) is 4.79 Å². The third-order valence-electron chi connectivity index (χ3n) is 7.36. The van der Waals surface area contributed by atoms with Crippen molar-refractivity contribution in [3.63, 3.8) is 0 Å². The Hall–Kier alpha value is -2.98. The molecule has 1 saturated heterocycles. The fourth-order valence-electron chi connectivity index (χ4n) is 5.05. The molecule has 1 aliphatic carbocycles. The Kier molecular flexibility index (Phi) is 6.98. The minimum absolute atomic E-state index is 0.0748. The second-order valence-corrected chi connectivity index (χ2v) is 11.7. The predicted octanol–water partition coefficient (Wildman–Crippen LogP) is 3.63. The lowest BCUT2D eigenvalue weighted by atomic mass is 9.82. The number of benzene rings is 1. The number of nitrogens with zero attached hydrogens (tertiary/aromatic N) is 4.